The topological polar surface area (TPSA) is 44.1 Å². The van der Waals surface area contributed by atoms with E-state index in [1.54, 1.807) is 35.6 Å². The van der Waals surface area contributed by atoms with E-state index in [1.807, 2.05) is 35.0 Å². The minimum absolute atomic E-state index is 0.139. The number of thiophene rings is 1. The molecule has 0 fully saturated rings. The molecule has 0 aliphatic heterocycles. The van der Waals surface area contributed by atoms with Crippen LogP contribution in [0, 0.1) is 0 Å². The van der Waals surface area contributed by atoms with E-state index in [0.717, 1.165) is 46.7 Å². The van der Waals surface area contributed by atoms with Gasteiger partial charge in [0.1, 0.15) is 12.4 Å². The van der Waals surface area contributed by atoms with Crippen LogP contribution in [-0.2, 0) is 13.0 Å². The third-order valence-corrected chi connectivity index (χ3v) is 6.69. The monoisotopic (exact) mass is 396 g/mol. The molecule has 0 N–H and O–H groups in total. The van der Waals surface area contributed by atoms with Gasteiger partial charge in [-0.25, -0.2) is 4.98 Å². The number of fused-ring (bicyclic) bond motifs is 1. The molecule has 27 heavy (non-hydrogen) atoms. The molecule has 0 bridgehead atoms. The van der Waals surface area contributed by atoms with Crippen LogP contribution in [0.25, 0.3) is 6.08 Å². The molecular weight excluding hydrogens is 376 g/mol. The van der Waals surface area contributed by atoms with Crippen molar-refractivity contribution in [2.45, 2.75) is 23.6 Å². The summed E-state index contributed by atoms with van der Waals surface area (Å²) in [6, 6.07) is 10.00. The van der Waals surface area contributed by atoms with E-state index in [0.29, 0.717) is 6.61 Å². The third-order valence-electron chi connectivity index (χ3n) is 4.57. The number of carbonyl (C=O) groups is 1. The Morgan fingerprint density at radius 3 is 3.00 bits per heavy atom. The summed E-state index contributed by atoms with van der Waals surface area (Å²) in [5.41, 5.74) is 2.77. The minimum Gasteiger partial charge on any atom is -0.492 e. The standard InChI is InChI=1S/C21H20N2O2S2/c1-26-20-7-5-18(27-20)13-16-3-2-15-12-17(4-6-19(15)21(16)24)25-11-10-23-9-8-22-14-23/h4-9,12-14H,2-3,10-11H2,1H3. The Labute approximate surface area is 166 Å². The lowest BCUT2D eigenvalue weighted by Crippen LogP contribution is -2.14. The average Bonchev–Trinajstić information content (AvgIpc) is 3.36. The van der Waals surface area contributed by atoms with Crippen LogP contribution in [-0.4, -0.2) is 28.2 Å². The zero-order valence-electron chi connectivity index (χ0n) is 15.1. The number of ether oxygens (including phenoxy) is 1. The fourth-order valence-electron chi connectivity index (χ4n) is 3.16. The number of hydrogen-bond donors (Lipinski definition) is 0. The Morgan fingerprint density at radius 2 is 2.22 bits per heavy atom. The first-order chi connectivity index (χ1) is 13.2. The molecule has 138 valence electrons. The van der Waals surface area contributed by atoms with Crippen molar-refractivity contribution in [3.63, 3.8) is 0 Å². The second-order valence-corrected chi connectivity index (χ2v) is 8.55. The van der Waals surface area contributed by atoms with Gasteiger partial charge in [0.25, 0.3) is 0 Å². The van der Waals surface area contributed by atoms with Crippen LogP contribution in [0.4, 0.5) is 0 Å². The first-order valence-corrected chi connectivity index (χ1v) is 10.9. The van der Waals surface area contributed by atoms with Crippen LogP contribution in [0.15, 0.2) is 58.8 Å². The van der Waals surface area contributed by atoms with Crippen molar-refractivity contribution < 1.29 is 9.53 Å². The van der Waals surface area contributed by atoms with E-state index in [-0.39, 0.29) is 5.78 Å². The molecule has 0 saturated carbocycles. The lowest BCUT2D eigenvalue weighted by molar-refractivity contribution is 0.102. The van der Waals surface area contributed by atoms with Crippen LogP contribution >= 0.6 is 23.1 Å². The molecule has 4 nitrogen and oxygen atoms in total. The molecule has 0 radical (unpaired) electrons. The van der Waals surface area contributed by atoms with Gasteiger partial charge in [0.15, 0.2) is 5.78 Å². The lowest BCUT2D eigenvalue weighted by atomic mass is 9.86. The molecular formula is C21H20N2O2S2. The van der Waals surface area contributed by atoms with Crippen LogP contribution in [0.2, 0.25) is 0 Å². The van der Waals surface area contributed by atoms with Crippen LogP contribution in [0.5, 0.6) is 5.75 Å². The fraction of sp³-hybridized carbons (Fsp3) is 0.238. The molecule has 0 amide bonds. The second-order valence-electron chi connectivity index (χ2n) is 6.33. The van der Waals surface area contributed by atoms with Gasteiger partial charge in [-0.05, 0) is 61.1 Å². The van der Waals surface area contributed by atoms with Crippen LogP contribution in [0.3, 0.4) is 0 Å². The number of hydrogen-bond acceptors (Lipinski definition) is 5. The summed E-state index contributed by atoms with van der Waals surface area (Å²) in [5.74, 6) is 0.956. The van der Waals surface area contributed by atoms with Crippen molar-refractivity contribution in [3.8, 4) is 5.75 Å². The maximum Gasteiger partial charge on any atom is 0.189 e. The van der Waals surface area contributed by atoms with Gasteiger partial charge in [0, 0.05) is 28.4 Å². The summed E-state index contributed by atoms with van der Waals surface area (Å²) >= 11 is 3.46. The molecule has 1 aliphatic carbocycles. The van der Waals surface area contributed by atoms with E-state index in [1.165, 1.54) is 4.21 Å². The van der Waals surface area contributed by atoms with E-state index in [2.05, 4.69) is 23.4 Å². The number of nitrogens with zero attached hydrogens (tertiary/aromatic N) is 2. The molecule has 6 heteroatoms. The number of aryl methyl sites for hydroxylation is 1. The Bertz CT molecular complexity index is 974. The fourth-order valence-corrected chi connectivity index (χ4v) is 4.69. The number of ketones is 1. The second kappa shape index (κ2) is 8.15. The van der Waals surface area contributed by atoms with Gasteiger partial charge in [0.05, 0.1) is 17.1 Å². The molecule has 0 atom stereocenters. The van der Waals surface area contributed by atoms with Crippen molar-refractivity contribution in [1.82, 2.24) is 9.55 Å². The van der Waals surface area contributed by atoms with Crippen LogP contribution < -0.4 is 4.74 Å². The van der Waals surface area contributed by atoms with E-state index in [9.17, 15) is 4.79 Å². The normalized spacial score (nSPS) is 15.1. The van der Waals surface area contributed by atoms with Gasteiger partial charge in [-0.15, -0.1) is 23.1 Å². The SMILES string of the molecule is CSc1ccc(C=C2CCc3cc(OCCn4ccnc4)ccc3C2=O)s1. The smallest absolute Gasteiger partial charge is 0.189 e. The van der Waals surface area contributed by atoms with Gasteiger partial charge < -0.3 is 9.30 Å². The van der Waals surface area contributed by atoms with Gasteiger partial charge in [-0.1, -0.05) is 0 Å². The number of carbonyl (C=O) groups excluding carboxylic acids is 1. The third kappa shape index (κ3) is 4.17. The zero-order valence-corrected chi connectivity index (χ0v) is 16.7. The highest BCUT2D eigenvalue weighted by molar-refractivity contribution is 8.00. The predicted molar refractivity (Wildman–Crippen MR) is 111 cm³/mol. The lowest BCUT2D eigenvalue weighted by Gasteiger charge is -2.18. The number of allylic oxidation sites excluding steroid dienone is 1. The van der Waals surface area contributed by atoms with E-state index < -0.39 is 0 Å². The van der Waals surface area contributed by atoms with E-state index in [4.69, 9.17) is 4.74 Å². The van der Waals surface area contributed by atoms with Crippen molar-refractivity contribution in [1.29, 1.82) is 0 Å². The number of Topliss-reactive ketones (excluding diaryl/α,β-unsaturated/α-hetero) is 1. The number of aromatic nitrogens is 2. The number of benzene rings is 1. The summed E-state index contributed by atoms with van der Waals surface area (Å²) in [7, 11) is 0. The highest BCUT2D eigenvalue weighted by Gasteiger charge is 2.22. The summed E-state index contributed by atoms with van der Waals surface area (Å²) in [4.78, 5) is 18.0. The van der Waals surface area contributed by atoms with Gasteiger partial charge >= 0.3 is 0 Å². The molecule has 0 saturated heterocycles. The first-order valence-electron chi connectivity index (χ1n) is 8.83. The predicted octanol–water partition coefficient (Wildman–Crippen LogP) is 4.96. The van der Waals surface area contributed by atoms with Crippen molar-refractivity contribution >= 4 is 35.0 Å². The summed E-state index contributed by atoms with van der Waals surface area (Å²) in [5, 5.41) is 0. The van der Waals surface area contributed by atoms with Gasteiger partial charge in [-0.2, -0.15) is 0 Å². The Kier molecular flexibility index (Phi) is 5.45. The quantitative estimate of drug-likeness (QED) is 0.436. The van der Waals surface area contributed by atoms with Gasteiger partial charge in [0.2, 0.25) is 0 Å². The van der Waals surface area contributed by atoms with Crippen molar-refractivity contribution in [2.75, 3.05) is 12.9 Å². The molecule has 1 aromatic carbocycles. The first kappa shape index (κ1) is 18.1. The highest BCUT2D eigenvalue weighted by atomic mass is 32.2. The maximum atomic E-state index is 12.9. The molecule has 3 aromatic rings. The molecule has 0 spiro atoms. The zero-order chi connectivity index (χ0) is 18.6. The largest absolute Gasteiger partial charge is 0.492 e. The molecule has 0 unspecified atom stereocenters. The van der Waals surface area contributed by atoms with Gasteiger partial charge in [-0.3, -0.25) is 4.79 Å². The Balaban J connectivity index is 1.45. The summed E-state index contributed by atoms with van der Waals surface area (Å²) in [6.07, 6.45) is 11.2. The van der Waals surface area contributed by atoms with E-state index >= 15 is 0 Å². The Morgan fingerprint density at radius 1 is 1.30 bits per heavy atom. The Hall–Kier alpha value is -2.31. The minimum atomic E-state index is 0.139. The number of rotatable bonds is 6. The molecule has 4 rings (SSSR count). The number of thioether (sulfide) groups is 1. The number of imidazole rings is 1. The van der Waals surface area contributed by atoms with Crippen molar-refractivity contribution in [2.24, 2.45) is 0 Å². The maximum absolute atomic E-state index is 12.9. The summed E-state index contributed by atoms with van der Waals surface area (Å²) in [6.45, 7) is 1.33. The summed E-state index contributed by atoms with van der Waals surface area (Å²) < 4.78 is 9.09. The van der Waals surface area contributed by atoms with Crippen LogP contribution in [0.1, 0.15) is 27.2 Å². The molecule has 2 aromatic heterocycles. The molecule has 1 aliphatic rings. The molecule has 2 heterocycles. The average molecular weight is 397 g/mol. The van der Waals surface area contributed by atoms with Crippen molar-refractivity contribution in [3.05, 3.63) is 70.6 Å². The highest BCUT2D eigenvalue weighted by Crippen LogP contribution is 2.32.